The summed E-state index contributed by atoms with van der Waals surface area (Å²) in [6.45, 7) is 2.24. The molecule has 0 heterocycles. The van der Waals surface area contributed by atoms with E-state index in [1.165, 1.54) is 12.1 Å². The number of ether oxygens (including phenoxy) is 1. The van der Waals surface area contributed by atoms with E-state index in [9.17, 15) is 4.79 Å². The number of carbonyl (C=O) groups excluding carboxylic acids is 1. The first-order valence-electron chi connectivity index (χ1n) is 4.66. The molecule has 0 radical (unpaired) electrons. The van der Waals surface area contributed by atoms with Crippen molar-refractivity contribution in [3.05, 3.63) is 22.2 Å². The first kappa shape index (κ1) is 13.1. The molecule has 1 amide bonds. The molecule has 1 aromatic carbocycles. The van der Waals surface area contributed by atoms with Crippen molar-refractivity contribution < 1.29 is 9.53 Å². The largest absolute Gasteiger partial charge is 0.397 e. The molecule has 0 aliphatic carbocycles. The molecule has 88 valence electrons. The minimum atomic E-state index is -0.308. The van der Waals surface area contributed by atoms with Crippen LogP contribution in [0, 0.1) is 0 Å². The Kier molecular flexibility index (Phi) is 4.86. The fourth-order valence-electron chi connectivity index (χ4n) is 1.10. The summed E-state index contributed by atoms with van der Waals surface area (Å²) in [5, 5.41) is 3.28. The molecule has 0 bridgehead atoms. The maximum atomic E-state index is 11.4. The van der Waals surface area contributed by atoms with Gasteiger partial charge < -0.3 is 15.8 Å². The number of nitrogens with one attached hydrogen (secondary N) is 1. The van der Waals surface area contributed by atoms with Crippen LogP contribution in [0.5, 0.6) is 0 Å². The van der Waals surface area contributed by atoms with E-state index in [-0.39, 0.29) is 12.5 Å². The van der Waals surface area contributed by atoms with Crippen molar-refractivity contribution in [2.24, 2.45) is 0 Å². The standard InChI is InChI=1S/C10H12Cl2N2O2/c1-2-16-5-9(15)14-10-7(12)3-6(11)4-8(10)13/h3-4H,2,5,13H2,1H3,(H,14,15). The van der Waals surface area contributed by atoms with Gasteiger partial charge in [0.15, 0.2) is 0 Å². The van der Waals surface area contributed by atoms with Crippen molar-refractivity contribution in [3.63, 3.8) is 0 Å². The molecule has 1 aromatic rings. The van der Waals surface area contributed by atoms with Gasteiger partial charge in [-0.2, -0.15) is 0 Å². The summed E-state index contributed by atoms with van der Waals surface area (Å²) in [4.78, 5) is 11.4. The Morgan fingerprint density at radius 1 is 1.50 bits per heavy atom. The molecule has 16 heavy (non-hydrogen) atoms. The predicted molar refractivity (Wildman–Crippen MR) is 66.0 cm³/mol. The van der Waals surface area contributed by atoms with Crippen LogP contribution in [0.25, 0.3) is 0 Å². The number of benzene rings is 1. The molecule has 4 nitrogen and oxygen atoms in total. The van der Waals surface area contributed by atoms with E-state index in [0.29, 0.717) is 28.0 Å². The van der Waals surface area contributed by atoms with Crippen LogP contribution in [0.4, 0.5) is 11.4 Å². The van der Waals surface area contributed by atoms with Gasteiger partial charge in [-0.3, -0.25) is 4.79 Å². The second-order valence-corrected chi connectivity index (χ2v) is 3.88. The number of amides is 1. The topological polar surface area (TPSA) is 64.3 Å². The van der Waals surface area contributed by atoms with E-state index in [1.807, 2.05) is 0 Å². The SMILES string of the molecule is CCOCC(=O)Nc1c(N)cc(Cl)cc1Cl. The first-order chi connectivity index (χ1) is 7.54. The molecule has 0 fully saturated rings. The highest BCUT2D eigenvalue weighted by Gasteiger charge is 2.10. The Morgan fingerprint density at radius 2 is 2.19 bits per heavy atom. The maximum absolute atomic E-state index is 11.4. The molecule has 0 saturated heterocycles. The van der Waals surface area contributed by atoms with Gasteiger partial charge in [-0.15, -0.1) is 0 Å². The zero-order valence-electron chi connectivity index (χ0n) is 8.72. The average Bonchev–Trinajstić information content (AvgIpc) is 2.20. The molecule has 1 rings (SSSR count). The van der Waals surface area contributed by atoms with Crippen LogP contribution in [-0.2, 0) is 9.53 Å². The van der Waals surface area contributed by atoms with Crippen molar-refractivity contribution in [1.82, 2.24) is 0 Å². The molecule has 0 unspecified atom stereocenters. The van der Waals surface area contributed by atoms with Crippen LogP contribution in [0.2, 0.25) is 10.0 Å². The second kappa shape index (κ2) is 5.94. The van der Waals surface area contributed by atoms with Gasteiger partial charge in [-0.1, -0.05) is 23.2 Å². The molecule has 0 saturated carbocycles. The Balaban J connectivity index is 2.77. The monoisotopic (exact) mass is 262 g/mol. The lowest BCUT2D eigenvalue weighted by Crippen LogP contribution is -2.19. The lowest BCUT2D eigenvalue weighted by Gasteiger charge is -2.10. The van der Waals surface area contributed by atoms with Crippen LogP contribution in [0.1, 0.15) is 6.92 Å². The van der Waals surface area contributed by atoms with E-state index in [0.717, 1.165) is 0 Å². The summed E-state index contributed by atoms with van der Waals surface area (Å²) < 4.78 is 4.95. The molecule has 0 spiro atoms. The number of anilines is 2. The van der Waals surface area contributed by atoms with Crippen LogP contribution in [0.15, 0.2) is 12.1 Å². The Morgan fingerprint density at radius 3 is 2.75 bits per heavy atom. The summed E-state index contributed by atoms with van der Waals surface area (Å²) in [5.74, 6) is -0.308. The third kappa shape index (κ3) is 3.56. The minimum absolute atomic E-state index is 0.0328. The Hall–Kier alpha value is -0.970. The van der Waals surface area contributed by atoms with Gasteiger partial charge in [0.1, 0.15) is 6.61 Å². The smallest absolute Gasteiger partial charge is 0.250 e. The van der Waals surface area contributed by atoms with E-state index < -0.39 is 0 Å². The zero-order chi connectivity index (χ0) is 12.1. The van der Waals surface area contributed by atoms with Crippen molar-refractivity contribution in [1.29, 1.82) is 0 Å². The zero-order valence-corrected chi connectivity index (χ0v) is 10.2. The maximum Gasteiger partial charge on any atom is 0.250 e. The van der Waals surface area contributed by atoms with Gasteiger partial charge in [0.2, 0.25) is 5.91 Å². The predicted octanol–water partition coefficient (Wildman–Crippen LogP) is 2.55. The van der Waals surface area contributed by atoms with Crippen LogP contribution < -0.4 is 11.1 Å². The number of nitrogen functional groups attached to an aromatic ring is 1. The lowest BCUT2D eigenvalue weighted by molar-refractivity contribution is -0.120. The van der Waals surface area contributed by atoms with Gasteiger partial charge in [-0.05, 0) is 19.1 Å². The van der Waals surface area contributed by atoms with Crippen LogP contribution in [-0.4, -0.2) is 19.1 Å². The highest BCUT2D eigenvalue weighted by Crippen LogP contribution is 2.31. The van der Waals surface area contributed by atoms with Crippen molar-refractivity contribution >= 4 is 40.5 Å². The number of hydrogen-bond acceptors (Lipinski definition) is 3. The molecular weight excluding hydrogens is 251 g/mol. The third-order valence-electron chi connectivity index (χ3n) is 1.79. The van der Waals surface area contributed by atoms with Crippen LogP contribution in [0.3, 0.4) is 0 Å². The summed E-state index contributed by atoms with van der Waals surface area (Å²) >= 11 is 11.6. The number of nitrogens with two attached hydrogens (primary N) is 1. The molecule has 0 atom stereocenters. The summed E-state index contributed by atoms with van der Waals surface area (Å²) in [6, 6.07) is 3.03. The van der Waals surface area contributed by atoms with Gasteiger partial charge in [0.25, 0.3) is 0 Å². The third-order valence-corrected chi connectivity index (χ3v) is 2.30. The highest BCUT2D eigenvalue weighted by atomic mass is 35.5. The average molecular weight is 263 g/mol. The van der Waals surface area contributed by atoms with E-state index in [1.54, 1.807) is 6.92 Å². The van der Waals surface area contributed by atoms with Gasteiger partial charge in [-0.25, -0.2) is 0 Å². The molecule has 6 heteroatoms. The second-order valence-electron chi connectivity index (χ2n) is 3.04. The fraction of sp³-hybridized carbons (Fsp3) is 0.300. The molecular formula is C10H12Cl2N2O2. The van der Waals surface area contributed by atoms with Crippen molar-refractivity contribution in [2.45, 2.75) is 6.92 Å². The highest BCUT2D eigenvalue weighted by molar-refractivity contribution is 6.37. The number of carbonyl (C=O) groups is 1. The fourth-order valence-corrected chi connectivity index (χ4v) is 1.65. The summed E-state index contributed by atoms with van der Waals surface area (Å²) in [6.07, 6.45) is 0. The quantitative estimate of drug-likeness (QED) is 0.820. The van der Waals surface area contributed by atoms with Crippen molar-refractivity contribution in [3.8, 4) is 0 Å². The van der Waals surface area contributed by atoms with E-state index >= 15 is 0 Å². The van der Waals surface area contributed by atoms with E-state index in [4.69, 9.17) is 33.7 Å². The number of rotatable bonds is 4. The van der Waals surface area contributed by atoms with E-state index in [2.05, 4.69) is 5.32 Å². The summed E-state index contributed by atoms with van der Waals surface area (Å²) in [7, 11) is 0. The lowest BCUT2D eigenvalue weighted by atomic mass is 10.2. The molecule has 0 aliphatic heterocycles. The molecule has 3 N–H and O–H groups in total. The molecule has 0 aliphatic rings. The number of halogens is 2. The van der Waals surface area contributed by atoms with Gasteiger partial charge in [0.05, 0.1) is 16.4 Å². The normalized spacial score (nSPS) is 10.2. The molecule has 0 aromatic heterocycles. The van der Waals surface area contributed by atoms with Gasteiger partial charge in [0, 0.05) is 11.6 Å². The Labute approximate surface area is 104 Å². The van der Waals surface area contributed by atoms with Gasteiger partial charge >= 0.3 is 0 Å². The summed E-state index contributed by atoms with van der Waals surface area (Å²) in [5.41, 5.74) is 6.35. The Bertz CT molecular complexity index is 373. The van der Waals surface area contributed by atoms with Crippen LogP contribution >= 0.6 is 23.2 Å². The van der Waals surface area contributed by atoms with Crippen molar-refractivity contribution in [2.75, 3.05) is 24.3 Å². The minimum Gasteiger partial charge on any atom is -0.397 e. The number of hydrogen-bond donors (Lipinski definition) is 2. The first-order valence-corrected chi connectivity index (χ1v) is 5.42.